The SMILES string of the molecule is F.O=C(O)O.c1cncnc1. The third-order valence-electron chi connectivity index (χ3n) is 0.478. The lowest BCUT2D eigenvalue weighted by atomic mass is 10.7. The molecule has 0 saturated heterocycles. The largest absolute Gasteiger partial charge is 0.503 e. The first-order valence-electron chi connectivity index (χ1n) is 2.35. The summed E-state index contributed by atoms with van der Waals surface area (Å²) in [6.45, 7) is 0. The van der Waals surface area contributed by atoms with Crippen LogP contribution in [-0.2, 0) is 0 Å². The molecule has 2 N–H and O–H groups in total. The van der Waals surface area contributed by atoms with E-state index in [2.05, 4.69) is 9.97 Å². The number of hydrogen-bond acceptors (Lipinski definition) is 3. The van der Waals surface area contributed by atoms with Crippen LogP contribution in [-0.4, -0.2) is 26.3 Å². The average molecular weight is 162 g/mol. The second-order valence-corrected chi connectivity index (χ2v) is 1.19. The fourth-order valence-corrected chi connectivity index (χ4v) is 0.253. The molecule has 0 unspecified atom stereocenters. The van der Waals surface area contributed by atoms with Crippen LogP contribution in [0, 0.1) is 0 Å². The summed E-state index contributed by atoms with van der Waals surface area (Å²) in [6.07, 6.45) is 3.04. The third-order valence-corrected chi connectivity index (χ3v) is 0.478. The zero-order chi connectivity index (χ0) is 7.82. The van der Waals surface area contributed by atoms with Gasteiger partial charge in [0.05, 0.1) is 0 Å². The minimum absolute atomic E-state index is 0. The molecule has 0 amide bonds. The quantitative estimate of drug-likeness (QED) is 0.590. The van der Waals surface area contributed by atoms with E-state index in [1.807, 2.05) is 0 Å². The fraction of sp³-hybridized carbons (Fsp3) is 0. The van der Waals surface area contributed by atoms with Crippen molar-refractivity contribution in [3.63, 3.8) is 0 Å². The van der Waals surface area contributed by atoms with E-state index in [0.717, 1.165) is 0 Å². The number of carboxylic acid groups (broad SMARTS) is 2. The van der Waals surface area contributed by atoms with Crippen molar-refractivity contribution >= 4 is 6.16 Å². The van der Waals surface area contributed by atoms with E-state index in [-0.39, 0.29) is 4.70 Å². The van der Waals surface area contributed by atoms with E-state index in [4.69, 9.17) is 15.0 Å². The van der Waals surface area contributed by atoms with Crippen LogP contribution in [0.15, 0.2) is 24.8 Å². The number of rotatable bonds is 0. The van der Waals surface area contributed by atoms with Crippen molar-refractivity contribution < 1.29 is 19.7 Å². The summed E-state index contributed by atoms with van der Waals surface area (Å²) < 4.78 is 0. The Morgan fingerprint density at radius 1 is 1.18 bits per heavy atom. The van der Waals surface area contributed by atoms with Crippen LogP contribution < -0.4 is 0 Å². The molecule has 1 aromatic rings. The van der Waals surface area contributed by atoms with Crippen molar-refractivity contribution in [1.29, 1.82) is 0 Å². The van der Waals surface area contributed by atoms with Gasteiger partial charge in [-0.25, -0.2) is 14.8 Å². The molecule has 11 heavy (non-hydrogen) atoms. The molecule has 62 valence electrons. The van der Waals surface area contributed by atoms with Gasteiger partial charge in [-0.3, -0.25) is 4.70 Å². The molecule has 0 aromatic carbocycles. The molecule has 6 heteroatoms. The molecular weight excluding hydrogens is 155 g/mol. The summed E-state index contributed by atoms with van der Waals surface area (Å²) in [7, 11) is 0. The van der Waals surface area contributed by atoms with Crippen molar-refractivity contribution in [2.24, 2.45) is 0 Å². The average Bonchev–Trinajstić information content (AvgIpc) is 1.90. The molecule has 0 aliphatic heterocycles. The number of halogens is 1. The van der Waals surface area contributed by atoms with Crippen LogP contribution >= 0.6 is 0 Å². The Hall–Kier alpha value is -1.72. The summed E-state index contributed by atoms with van der Waals surface area (Å²) in [5, 5.41) is 13.9. The molecule has 0 atom stereocenters. The number of hydrogen-bond donors (Lipinski definition) is 2. The van der Waals surface area contributed by atoms with E-state index in [0.29, 0.717) is 0 Å². The van der Waals surface area contributed by atoms with E-state index in [1.54, 1.807) is 18.5 Å². The zero-order valence-corrected chi connectivity index (χ0v) is 5.41. The van der Waals surface area contributed by atoms with Gasteiger partial charge in [-0.1, -0.05) is 0 Å². The number of nitrogens with zero attached hydrogens (tertiary/aromatic N) is 2. The molecule has 5 nitrogen and oxygen atoms in total. The lowest BCUT2D eigenvalue weighted by Gasteiger charge is -1.70. The normalized spacial score (nSPS) is 6.55. The van der Waals surface area contributed by atoms with Crippen LogP contribution in [0.4, 0.5) is 9.50 Å². The van der Waals surface area contributed by atoms with Gasteiger partial charge in [-0.05, 0) is 6.07 Å². The van der Waals surface area contributed by atoms with Crippen LogP contribution in [0.3, 0.4) is 0 Å². The predicted molar refractivity (Wildman–Crippen MR) is 35.2 cm³/mol. The highest BCUT2D eigenvalue weighted by Gasteiger charge is 1.70. The van der Waals surface area contributed by atoms with Crippen molar-refractivity contribution in [3.05, 3.63) is 24.8 Å². The Bertz CT molecular complexity index is 152. The maximum Gasteiger partial charge on any atom is 0.503 e. The van der Waals surface area contributed by atoms with E-state index >= 15 is 0 Å². The highest BCUT2D eigenvalue weighted by Crippen LogP contribution is 1.66. The summed E-state index contributed by atoms with van der Waals surface area (Å²) in [6, 6.07) is 1.78. The Kier molecular flexibility index (Phi) is 9.04. The van der Waals surface area contributed by atoms with Crippen LogP contribution in [0.25, 0.3) is 0 Å². The van der Waals surface area contributed by atoms with Gasteiger partial charge in [0.2, 0.25) is 0 Å². The topological polar surface area (TPSA) is 83.3 Å². The molecule has 0 spiro atoms. The van der Waals surface area contributed by atoms with Gasteiger partial charge in [0, 0.05) is 12.4 Å². The lowest BCUT2D eigenvalue weighted by molar-refractivity contribution is 0.137. The first-order valence-corrected chi connectivity index (χ1v) is 2.35. The van der Waals surface area contributed by atoms with Gasteiger partial charge in [0.15, 0.2) is 0 Å². The van der Waals surface area contributed by atoms with Crippen LogP contribution in [0.5, 0.6) is 0 Å². The van der Waals surface area contributed by atoms with Crippen molar-refractivity contribution in [2.75, 3.05) is 0 Å². The number of carbonyl (C=O) groups is 1. The molecule has 1 heterocycles. The summed E-state index contributed by atoms with van der Waals surface area (Å²) in [5.41, 5.74) is 0. The van der Waals surface area contributed by atoms with E-state index in [9.17, 15) is 0 Å². The molecule has 0 aliphatic rings. The lowest BCUT2D eigenvalue weighted by Crippen LogP contribution is -1.81. The summed E-state index contributed by atoms with van der Waals surface area (Å²) in [4.78, 5) is 15.9. The smallest absolute Gasteiger partial charge is 0.450 e. The minimum atomic E-state index is -1.83. The molecule has 0 aliphatic carbocycles. The zero-order valence-electron chi connectivity index (χ0n) is 5.41. The first-order chi connectivity index (χ1) is 4.73. The third kappa shape index (κ3) is 17.8. The van der Waals surface area contributed by atoms with Gasteiger partial charge >= 0.3 is 6.16 Å². The summed E-state index contributed by atoms with van der Waals surface area (Å²) in [5.74, 6) is 0. The van der Waals surface area contributed by atoms with Gasteiger partial charge in [0.1, 0.15) is 6.33 Å². The van der Waals surface area contributed by atoms with Gasteiger partial charge in [0.25, 0.3) is 0 Å². The van der Waals surface area contributed by atoms with Gasteiger partial charge in [-0.15, -0.1) is 0 Å². The first kappa shape index (κ1) is 12.0. The molecule has 1 aromatic heterocycles. The molecule has 0 fully saturated rings. The Morgan fingerprint density at radius 2 is 1.55 bits per heavy atom. The van der Waals surface area contributed by atoms with Gasteiger partial charge in [-0.2, -0.15) is 0 Å². The second kappa shape index (κ2) is 8.28. The molecular formula is C5H7FN2O3. The van der Waals surface area contributed by atoms with Crippen molar-refractivity contribution in [3.8, 4) is 0 Å². The highest BCUT2D eigenvalue weighted by atomic mass is 19.0. The van der Waals surface area contributed by atoms with Gasteiger partial charge < -0.3 is 10.2 Å². The Balaban J connectivity index is 0. The Morgan fingerprint density at radius 3 is 1.64 bits per heavy atom. The monoisotopic (exact) mass is 162 g/mol. The molecule has 0 radical (unpaired) electrons. The molecule has 0 saturated carbocycles. The fourth-order valence-electron chi connectivity index (χ4n) is 0.253. The predicted octanol–water partition coefficient (Wildman–Crippen LogP) is 0.851. The minimum Gasteiger partial charge on any atom is -0.450 e. The van der Waals surface area contributed by atoms with Crippen molar-refractivity contribution in [2.45, 2.75) is 0 Å². The maximum atomic E-state index is 8.56. The molecule has 0 bridgehead atoms. The molecule has 1 rings (SSSR count). The maximum absolute atomic E-state index is 8.56. The van der Waals surface area contributed by atoms with E-state index < -0.39 is 6.16 Å². The van der Waals surface area contributed by atoms with Crippen LogP contribution in [0.2, 0.25) is 0 Å². The van der Waals surface area contributed by atoms with E-state index in [1.165, 1.54) is 6.33 Å². The second-order valence-electron chi connectivity index (χ2n) is 1.19. The summed E-state index contributed by atoms with van der Waals surface area (Å²) >= 11 is 0. The van der Waals surface area contributed by atoms with Crippen LogP contribution in [0.1, 0.15) is 0 Å². The highest BCUT2D eigenvalue weighted by molar-refractivity contribution is 5.53. The number of aromatic nitrogens is 2. The Labute approximate surface area is 61.7 Å². The van der Waals surface area contributed by atoms with Crippen molar-refractivity contribution in [1.82, 2.24) is 9.97 Å². The standard InChI is InChI=1S/C4H4N2.CH2O3.FH/c1-2-5-4-6-3-1;2-1(3)4;/h1-4H;(H2,2,3,4);1H.